The van der Waals surface area contributed by atoms with E-state index in [1.165, 1.54) is 24.3 Å². The summed E-state index contributed by atoms with van der Waals surface area (Å²) in [4.78, 5) is 0. The van der Waals surface area contributed by atoms with E-state index in [0.29, 0.717) is 0 Å². The number of nitrogens with two attached hydrogens (primary N) is 1. The largest absolute Gasteiger partial charge is 0.435 e. The number of rotatable bonds is 4. The molecule has 1 atom stereocenters. The molecule has 2 nitrogen and oxygen atoms in total. The molecule has 0 fully saturated rings. The molecule has 1 aromatic carbocycles. The van der Waals surface area contributed by atoms with Gasteiger partial charge >= 0.3 is 6.61 Å². The minimum atomic E-state index is -2.93. The average Bonchev–Trinajstić information content (AvgIpc) is 2.17. The molecule has 0 aliphatic heterocycles. The fourth-order valence-electron chi connectivity index (χ4n) is 1.02. The van der Waals surface area contributed by atoms with Crippen LogP contribution in [0, 0.1) is 0 Å². The van der Waals surface area contributed by atoms with Crippen molar-refractivity contribution in [3.8, 4) is 5.75 Å². The highest BCUT2D eigenvalue weighted by Crippen LogP contribution is 2.21. The molecule has 0 amide bonds. The monoisotopic (exact) mass is 259 g/mol. The van der Waals surface area contributed by atoms with E-state index in [1.807, 2.05) is 0 Å². The molecule has 7 heteroatoms. The normalized spacial score (nSPS) is 12.4. The Morgan fingerprint density at radius 1 is 1.00 bits per heavy atom. The molecule has 0 aliphatic rings. The second-order valence-electron chi connectivity index (χ2n) is 2.81. The molecule has 0 aromatic heterocycles. The van der Waals surface area contributed by atoms with Crippen LogP contribution in [0.3, 0.4) is 0 Å². The van der Waals surface area contributed by atoms with Crippen LogP contribution in [0.4, 0.5) is 17.6 Å². The van der Waals surface area contributed by atoms with E-state index in [1.54, 1.807) is 0 Å². The van der Waals surface area contributed by atoms with E-state index >= 15 is 0 Å². The van der Waals surface area contributed by atoms with Crippen LogP contribution >= 0.6 is 12.4 Å². The van der Waals surface area contributed by atoms with Crippen molar-refractivity contribution in [2.24, 2.45) is 5.73 Å². The van der Waals surface area contributed by atoms with Crippen LogP contribution < -0.4 is 10.5 Å². The van der Waals surface area contributed by atoms with E-state index in [9.17, 15) is 17.6 Å². The fraction of sp³-hybridized carbons (Fsp3) is 0.333. The molecule has 0 heterocycles. The summed E-state index contributed by atoms with van der Waals surface area (Å²) in [5.74, 6) is -0.0878. The Balaban J connectivity index is 0.00000225. The van der Waals surface area contributed by atoms with Crippen molar-refractivity contribution >= 4 is 12.4 Å². The SMILES string of the molecule is Cl.N[C@@H](c1ccc(OC(F)F)cc1)C(F)F. The van der Waals surface area contributed by atoms with Gasteiger partial charge in [-0.1, -0.05) is 12.1 Å². The number of hydrogen-bond acceptors (Lipinski definition) is 2. The quantitative estimate of drug-likeness (QED) is 0.844. The number of hydrogen-bond donors (Lipinski definition) is 1. The van der Waals surface area contributed by atoms with Gasteiger partial charge in [0.15, 0.2) is 0 Å². The third-order valence-electron chi connectivity index (χ3n) is 1.76. The maximum Gasteiger partial charge on any atom is 0.387 e. The second kappa shape index (κ2) is 6.55. The Bertz CT molecular complexity index is 307. The van der Waals surface area contributed by atoms with Crippen LogP contribution in [0.5, 0.6) is 5.75 Å². The van der Waals surface area contributed by atoms with Gasteiger partial charge in [0.1, 0.15) is 5.75 Å². The molecule has 0 aliphatic carbocycles. The Labute approximate surface area is 95.8 Å². The molecule has 0 radical (unpaired) electrons. The zero-order valence-corrected chi connectivity index (χ0v) is 8.76. The summed E-state index contributed by atoms with van der Waals surface area (Å²) in [5, 5.41) is 0. The first kappa shape index (κ1) is 15.0. The lowest BCUT2D eigenvalue weighted by atomic mass is 10.1. The van der Waals surface area contributed by atoms with Crippen molar-refractivity contribution in [1.82, 2.24) is 0 Å². The molecule has 0 bridgehead atoms. The van der Waals surface area contributed by atoms with Crippen molar-refractivity contribution in [1.29, 1.82) is 0 Å². The summed E-state index contributed by atoms with van der Waals surface area (Å²) in [7, 11) is 0. The number of ether oxygens (including phenoxy) is 1. The van der Waals surface area contributed by atoms with Crippen LogP contribution in [0.25, 0.3) is 0 Å². The Kier molecular flexibility index (Phi) is 6.13. The van der Waals surface area contributed by atoms with E-state index in [0.717, 1.165) is 0 Å². The van der Waals surface area contributed by atoms with Crippen molar-refractivity contribution in [2.45, 2.75) is 19.1 Å². The third-order valence-corrected chi connectivity index (χ3v) is 1.76. The Hall–Kier alpha value is -1.01. The van der Waals surface area contributed by atoms with Crippen molar-refractivity contribution in [2.75, 3.05) is 0 Å². The maximum absolute atomic E-state index is 12.1. The molecule has 2 N–H and O–H groups in total. The summed E-state index contributed by atoms with van der Waals surface area (Å²) in [6.07, 6.45) is -2.69. The lowest BCUT2D eigenvalue weighted by Crippen LogP contribution is -2.18. The highest BCUT2D eigenvalue weighted by atomic mass is 35.5. The summed E-state index contributed by atoms with van der Waals surface area (Å²) in [6, 6.07) is 3.39. The van der Waals surface area contributed by atoms with Gasteiger partial charge in [-0.2, -0.15) is 8.78 Å². The highest BCUT2D eigenvalue weighted by Gasteiger charge is 2.17. The van der Waals surface area contributed by atoms with Crippen LogP contribution in [0.2, 0.25) is 0 Å². The minimum Gasteiger partial charge on any atom is -0.435 e. The average molecular weight is 260 g/mol. The number of benzene rings is 1. The third kappa shape index (κ3) is 4.24. The van der Waals surface area contributed by atoms with Gasteiger partial charge in [-0.25, -0.2) is 8.78 Å². The van der Waals surface area contributed by atoms with Gasteiger partial charge in [-0.05, 0) is 17.7 Å². The first-order chi connectivity index (χ1) is 7.00. The summed E-state index contributed by atoms with van der Waals surface area (Å²) in [6.45, 7) is -2.93. The van der Waals surface area contributed by atoms with E-state index in [-0.39, 0.29) is 23.7 Å². The van der Waals surface area contributed by atoms with Crippen LogP contribution in [0.1, 0.15) is 11.6 Å². The van der Waals surface area contributed by atoms with Crippen LogP contribution in [-0.2, 0) is 0 Å². The number of alkyl halides is 4. The van der Waals surface area contributed by atoms with Crippen LogP contribution in [0.15, 0.2) is 24.3 Å². The number of halogens is 5. The molecule has 16 heavy (non-hydrogen) atoms. The van der Waals surface area contributed by atoms with Gasteiger partial charge < -0.3 is 10.5 Å². The molecule has 0 saturated heterocycles. The summed E-state index contributed by atoms with van der Waals surface area (Å²) in [5.41, 5.74) is 5.32. The van der Waals surface area contributed by atoms with Gasteiger partial charge in [0.05, 0.1) is 6.04 Å². The predicted molar refractivity (Wildman–Crippen MR) is 53.3 cm³/mol. The highest BCUT2D eigenvalue weighted by molar-refractivity contribution is 5.85. The molecular weight excluding hydrogens is 250 g/mol. The van der Waals surface area contributed by atoms with Gasteiger partial charge in [0, 0.05) is 0 Å². The van der Waals surface area contributed by atoms with Crippen molar-refractivity contribution in [3.63, 3.8) is 0 Å². The molecule has 1 rings (SSSR count). The van der Waals surface area contributed by atoms with Gasteiger partial charge in [0.2, 0.25) is 0 Å². The zero-order chi connectivity index (χ0) is 11.4. The molecule has 92 valence electrons. The first-order valence-electron chi connectivity index (χ1n) is 4.09. The second-order valence-corrected chi connectivity index (χ2v) is 2.81. The predicted octanol–water partition coefficient (Wildman–Crippen LogP) is 2.97. The minimum absolute atomic E-state index is 0. The molecule has 1 aromatic rings. The first-order valence-corrected chi connectivity index (χ1v) is 4.09. The molecule has 0 unspecified atom stereocenters. The van der Waals surface area contributed by atoms with Crippen LogP contribution in [-0.4, -0.2) is 13.0 Å². The van der Waals surface area contributed by atoms with Gasteiger partial charge in [-0.15, -0.1) is 12.4 Å². The Morgan fingerprint density at radius 3 is 1.88 bits per heavy atom. The van der Waals surface area contributed by atoms with E-state index in [2.05, 4.69) is 4.74 Å². The molecular formula is C9H10ClF4NO. The Morgan fingerprint density at radius 2 is 1.50 bits per heavy atom. The van der Waals surface area contributed by atoms with Crippen molar-refractivity contribution < 1.29 is 22.3 Å². The summed E-state index contributed by atoms with van der Waals surface area (Å²) >= 11 is 0. The van der Waals surface area contributed by atoms with Gasteiger partial charge in [-0.3, -0.25) is 0 Å². The fourth-order valence-corrected chi connectivity index (χ4v) is 1.02. The maximum atomic E-state index is 12.1. The molecule has 0 saturated carbocycles. The standard InChI is InChI=1S/C9H9F4NO.ClH/c10-8(11)7(14)5-1-3-6(4-2-5)15-9(12)13;/h1-4,7-9H,14H2;1H/t7-;/m0./s1. The lowest BCUT2D eigenvalue weighted by molar-refractivity contribution is -0.0498. The van der Waals surface area contributed by atoms with Gasteiger partial charge in [0.25, 0.3) is 6.43 Å². The lowest BCUT2D eigenvalue weighted by Gasteiger charge is -2.11. The summed E-state index contributed by atoms with van der Waals surface area (Å²) < 4.78 is 51.8. The smallest absolute Gasteiger partial charge is 0.387 e. The molecule has 0 spiro atoms. The zero-order valence-electron chi connectivity index (χ0n) is 7.95. The van der Waals surface area contributed by atoms with Crippen molar-refractivity contribution in [3.05, 3.63) is 29.8 Å². The van der Waals surface area contributed by atoms with E-state index in [4.69, 9.17) is 5.73 Å². The topological polar surface area (TPSA) is 35.2 Å². The van der Waals surface area contributed by atoms with E-state index < -0.39 is 19.1 Å².